The predicted octanol–water partition coefficient (Wildman–Crippen LogP) is 1.73. The zero-order valence-corrected chi connectivity index (χ0v) is 9.45. The number of ether oxygens (including phenoxy) is 1. The van der Waals surface area contributed by atoms with Crippen LogP contribution in [0, 0.1) is 0 Å². The lowest BCUT2D eigenvalue weighted by molar-refractivity contribution is 0.303. The fourth-order valence-corrected chi connectivity index (χ4v) is 1.35. The van der Waals surface area contributed by atoms with E-state index in [9.17, 15) is 0 Å². The molecule has 0 amide bonds. The molecule has 1 saturated carbocycles. The van der Waals surface area contributed by atoms with Crippen LogP contribution in [0.3, 0.4) is 0 Å². The third-order valence-electron chi connectivity index (χ3n) is 2.34. The van der Waals surface area contributed by atoms with Crippen molar-refractivity contribution in [2.45, 2.75) is 18.9 Å². The Morgan fingerprint density at radius 2 is 2.13 bits per heavy atom. The van der Waals surface area contributed by atoms with Gasteiger partial charge in [0.25, 0.3) is 0 Å². The van der Waals surface area contributed by atoms with Crippen LogP contribution in [0.15, 0.2) is 12.1 Å². The average molecular weight is 207 g/mol. The smallest absolute Gasteiger partial charge is 0.173 e. The van der Waals surface area contributed by atoms with E-state index < -0.39 is 0 Å². The highest BCUT2D eigenvalue weighted by atomic mass is 16.5. The summed E-state index contributed by atoms with van der Waals surface area (Å²) in [4.78, 5) is 6.43. The van der Waals surface area contributed by atoms with Gasteiger partial charge in [-0.2, -0.15) is 0 Å². The molecule has 4 heteroatoms. The Morgan fingerprint density at radius 1 is 1.40 bits per heavy atom. The lowest BCUT2D eigenvalue weighted by Crippen LogP contribution is -2.14. The second kappa shape index (κ2) is 3.96. The maximum absolute atomic E-state index is 5.79. The van der Waals surface area contributed by atoms with E-state index in [4.69, 9.17) is 4.74 Å². The van der Waals surface area contributed by atoms with Gasteiger partial charge in [0.2, 0.25) is 0 Å². The van der Waals surface area contributed by atoms with Crippen molar-refractivity contribution in [3.8, 4) is 5.75 Å². The van der Waals surface area contributed by atoms with Gasteiger partial charge in [0.1, 0.15) is 5.82 Å². The second-order valence-corrected chi connectivity index (χ2v) is 3.98. The lowest BCUT2D eigenvalue weighted by Gasteiger charge is -2.17. The summed E-state index contributed by atoms with van der Waals surface area (Å²) < 4.78 is 5.79. The summed E-state index contributed by atoms with van der Waals surface area (Å²) in [5.41, 5.74) is 0. The second-order valence-electron chi connectivity index (χ2n) is 3.98. The highest BCUT2D eigenvalue weighted by Crippen LogP contribution is 2.32. The highest BCUT2D eigenvalue weighted by Gasteiger charge is 2.25. The molecule has 0 aromatic carbocycles. The maximum atomic E-state index is 5.79. The first kappa shape index (κ1) is 10.1. The van der Waals surface area contributed by atoms with Crippen LogP contribution in [-0.2, 0) is 0 Å². The van der Waals surface area contributed by atoms with Crippen molar-refractivity contribution in [2.24, 2.45) is 0 Å². The maximum Gasteiger partial charge on any atom is 0.173 e. The summed E-state index contributed by atoms with van der Waals surface area (Å²) in [6.45, 7) is 0. The number of rotatable bonds is 4. The summed E-state index contributed by atoms with van der Waals surface area (Å²) in [7, 11) is 5.81. The molecule has 1 aromatic heterocycles. The summed E-state index contributed by atoms with van der Waals surface area (Å²) in [5.74, 6) is 2.62. The zero-order chi connectivity index (χ0) is 10.8. The summed E-state index contributed by atoms with van der Waals surface area (Å²) in [5, 5.41) is 3.03. The van der Waals surface area contributed by atoms with Gasteiger partial charge in [0.05, 0.1) is 6.10 Å². The van der Waals surface area contributed by atoms with Crippen molar-refractivity contribution >= 4 is 11.6 Å². The molecule has 4 nitrogen and oxygen atoms in total. The number of hydrogen-bond acceptors (Lipinski definition) is 4. The number of anilines is 2. The summed E-state index contributed by atoms with van der Waals surface area (Å²) in [6, 6.07) is 3.91. The van der Waals surface area contributed by atoms with Gasteiger partial charge >= 0.3 is 0 Å². The van der Waals surface area contributed by atoms with Crippen molar-refractivity contribution < 1.29 is 4.74 Å². The fourth-order valence-electron chi connectivity index (χ4n) is 1.35. The van der Waals surface area contributed by atoms with E-state index in [1.807, 2.05) is 38.2 Å². The Hall–Kier alpha value is -1.45. The SMILES string of the molecule is CNc1ccc(OC2CC2)c(N(C)C)n1. The van der Waals surface area contributed by atoms with Crippen LogP contribution in [0.25, 0.3) is 0 Å². The molecule has 0 spiro atoms. The van der Waals surface area contributed by atoms with Crippen LogP contribution in [-0.4, -0.2) is 32.2 Å². The monoisotopic (exact) mass is 207 g/mol. The summed E-state index contributed by atoms with van der Waals surface area (Å²) in [6.07, 6.45) is 2.74. The quantitative estimate of drug-likeness (QED) is 0.816. The van der Waals surface area contributed by atoms with Crippen LogP contribution < -0.4 is 15.0 Å². The molecule has 1 aliphatic rings. The molecule has 1 aromatic rings. The van der Waals surface area contributed by atoms with Gasteiger partial charge in [0, 0.05) is 21.1 Å². The topological polar surface area (TPSA) is 37.4 Å². The largest absolute Gasteiger partial charge is 0.487 e. The van der Waals surface area contributed by atoms with E-state index in [-0.39, 0.29) is 0 Å². The Labute approximate surface area is 90.3 Å². The Kier molecular flexibility index (Phi) is 2.66. The number of nitrogens with zero attached hydrogens (tertiary/aromatic N) is 2. The van der Waals surface area contributed by atoms with Crippen LogP contribution in [0.1, 0.15) is 12.8 Å². The van der Waals surface area contributed by atoms with Crippen LogP contribution >= 0.6 is 0 Å². The van der Waals surface area contributed by atoms with Crippen molar-refractivity contribution in [1.29, 1.82) is 0 Å². The van der Waals surface area contributed by atoms with Gasteiger partial charge in [-0.3, -0.25) is 0 Å². The lowest BCUT2D eigenvalue weighted by atomic mass is 10.4. The molecular weight excluding hydrogens is 190 g/mol. The molecule has 15 heavy (non-hydrogen) atoms. The number of hydrogen-bond donors (Lipinski definition) is 1. The Morgan fingerprint density at radius 3 is 2.67 bits per heavy atom. The molecule has 1 fully saturated rings. The van der Waals surface area contributed by atoms with Gasteiger partial charge in [-0.15, -0.1) is 0 Å². The van der Waals surface area contributed by atoms with Gasteiger partial charge in [-0.05, 0) is 25.0 Å². The minimum atomic E-state index is 0.408. The van der Waals surface area contributed by atoms with Gasteiger partial charge < -0.3 is 15.0 Å². The Balaban J connectivity index is 2.25. The molecule has 2 rings (SSSR count). The van der Waals surface area contributed by atoms with E-state index in [2.05, 4.69) is 10.3 Å². The molecule has 0 atom stereocenters. The van der Waals surface area contributed by atoms with Crippen LogP contribution in [0.4, 0.5) is 11.6 Å². The molecule has 0 bridgehead atoms. The number of pyridine rings is 1. The van der Waals surface area contributed by atoms with Crippen molar-refractivity contribution in [1.82, 2.24) is 4.98 Å². The molecule has 1 aliphatic carbocycles. The van der Waals surface area contributed by atoms with Gasteiger partial charge in [0.15, 0.2) is 11.6 Å². The first-order valence-corrected chi connectivity index (χ1v) is 5.23. The molecule has 0 saturated heterocycles. The minimum absolute atomic E-state index is 0.408. The van der Waals surface area contributed by atoms with E-state index in [1.165, 1.54) is 12.8 Å². The molecule has 0 radical (unpaired) electrons. The fraction of sp³-hybridized carbons (Fsp3) is 0.545. The van der Waals surface area contributed by atoms with E-state index in [0.717, 1.165) is 17.4 Å². The first-order valence-electron chi connectivity index (χ1n) is 5.23. The highest BCUT2D eigenvalue weighted by molar-refractivity contribution is 5.56. The van der Waals surface area contributed by atoms with Crippen molar-refractivity contribution in [3.05, 3.63) is 12.1 Å². The van der Waals surface area contributed by atoms with Crippen LogP contribution in [0.2, 0.25) is 0 Å². The predicted molar refractivity (Wildman–Crippen MR) is 61.8 cm³/mol. The van der Waals surface area contributed by atoms with Gasteiger partial charge in [-0.1, -0.05) is 0 Å². The van der Waals surface area contributed by atoms with E-state index >= 15 is 0 Å². The standard InChI is InChI=1S/C11H17N3O/c1-12-10-7-6-9(15-8-4-5-8)11(13-10)14(2)3/h6-8H,4-5H2,1-3H3,(H,12,13). The van der Waals surface area contributed by atoms with E-state index in [1.54, 1.807) is 0 Å². The zero-order valence-electron chi connectivity index (χ0n) is 9.45. The van der Waals surface area contributed by atoms with E-state index in [0.29, 0.717) is 6.10 Å². The van der Waals surface area contributed by atoms with Gasteiger partial charge in [-0.25, -0.2) is 4.98 Å². The molecule has 1 heterocycles. The molecule has 1 N–H and O–H groups in total. The normalized spacial score (nSPS) is 14.9. The van der Waals surface area contributed by atoms with Crippen LogP contribution in [0.5, 0.6) is 5.75 Å². The third-order valence-corrected chi connectivity index (χ3v) is 2.34. The van der Waals surface area contributed by atoms with Crippen molar-refractivity contribution in [2.75, 3.05) is 31.4 Å². The molecule has 0 unspecified atom stereocenters. The molecular formula is C11H17N3O. The first-order chi connectivity index (χ1) is 7.20. The third kappa shape index (κ3) is 2.32. The molecule has 82 valence electrons. The summed E-state index contributed by atoms with van der Waals surface area (Å²) >= 11 is 0. The number of aromatic nitrogens is 1. The number of nitrogens with one attached hydrogen (secondary N) is 1. The molecule has 0 aliphatic heterocycles. The Bertz CT molecular complexity index is 348. The average Bonchev–Trinajstić information content (AvgIpc) is 3.02. The minimum Gasteiger partial charge on any atom is -0.487 e. The van der Waals surface area contributed by atoms with Crippen molar-refractivity contribution in [3.63, 3.8) is 0 Å².